The molecular formula is C22H24N4O4S. The first-order chi connectivity index (χ1) is 14.8. The van der Waals surface area contributed by atoms with Crippen LogP contribution in [0.4, 0.5) is 5.69 Å². The fourth-order valence-corrected chi connectivity index (χ4v) is 4.71. The van der Waals surface area contributed by atoms with Crippen molar-refractivity contribution in [1.82, 2.24) is 14.5 Å². The van der Waals surface area contributed by atoms with Gasteiger partial charge in [-0.1, -0.05) is 17.7 Å². The molecule has 2 aromatic heterocycles. The van der Waals surface area contributed by atoms with Crippen LogP contribution in [-0.2, 0) is 16.1 Å². The molecule has 162 valence electrons. The van der Waals surface area contributed by atoms with E-state index in [1.807, 2.05) is 32.0 Å². The minimum atomic E-state index is -0.314. The molecule has 0 atom stereocenters. The monoisotopic (exact) mass is 440 g/mol. The van der Waals surface area contributed by atoms with E-state index in [2.05, 4.69) is 10.3 Å². The molecule has 1 aromatic carbocycles. The van der Waals surface area contributed by atoms with Crippen LogP contribution in [0.3, 0.4) is 0 Å². The third kappa shape index (κ3) is 4.24. The first-order valence-corrected chi connectivity index (χ1v) is 10.9. The zero-order valence-corrected chi connectivity index (χ0v) is 18.5. The van der Waals surface area contributed by atoms with Gasteiger partial charge in [0.25, 0.3) is 11.5 Å². The van der Waals surface area contributed by atoms with Gasteiger partial charge in [-0.25, -0.2) is 4.98 Å². The van der Waals surface area contributed by atoms with Crippen LogP contribution < -0.4 is 10.9 Å². The largest absolute Gasteiger partial charge is 0.378 e. The summed E-state index contributed by atoms with van der Waals surface area (Å²) in [7, 11) is 0. The number of amides is 2. The third-order valence-corrected chi connectivity index (χ3v) is 6.62. The van der Waals surface area contributed by atoms with E-state index in [1.54, 1.807) is 11.8 Å². The van der Waals surface area contributed by atoms with Crippen molar-refractivity contribution >= 4 is 39.1 Å². The smallest absolute Gasteiger partial charge is 0.266 e. The number of rotatable bonds is 4. The molecule has 1 N–H and O–H groups in total. The van der Waals surface area contributed by atoms with E-state index in [-0.39, 0.29) is 23.9 Å². The van der Waals surface area contributed by atoms with Crippen molar-refractivity contribution in [2.45, 2.75) is 27.3 Å². The van der Waals surface area contributed by atoms with Gasteiger partial charge in [-0.3, -0.25) is 19.0 Å². The van der Waals surface area contributed by atoms with E-state index in [0.29, 0.717) is 47.0 Å². The zero-order valence-electron chi connectivity index (χ0n) is 17.7. The molecule has 3 heterocycles. The van der Waals surface area contributed by atoms with Crippen molar-refractivity contribution in [1.29, 1.82) is 0 Å². The number of thiophene rings is 1. The highest BCUT2D eigenvalue weighted by Crippen LogP contribution is 2.28. The molecule has 3 aromatic rings. The fourth-order valence-electron chi connectivity index (χ4n) is 3.68. The lowest BCUT2D eigenvalue weighted by Crippen LogP contribution is -2.43. The zero-order chi connectivity index (χ0) is 22.1. The van der Waals surface area contributed by atoms with Crippen LogP contribution >= 0.6 is 11.3 Å². The average Bonchev–Trinajstić information content (AvgIpc) is 3.10. The maximum absolute atomic E-state index is 13.1. The Morgan fingerprint density at radius 3 is 2.65 bits per heavy atom. The second kappa shape index (κ2) is 8.60. The Kier molecular flexibility index (Phi) is 5.88. The molecule has 0 bridgehead atoms. The Balaban J connectivity index is 1.61. The number of morpholine rings is 1. The molecule has 0 aliphatic carbocycles. The summed E-state index contributed by atoms with van der Waals surface area (Å²) in [4.78, 5) is 45.5. The van der Waals surface area contributed by atoms with Crippen molar-refractivity contribution in [3.8, 4) is 0 Å². The molecule has 1 saturated heterocycles. The quantitative estimate of drug-likeness (QED) is 0.673. The third-order valence-electron chi connectivity index (χ3n) is 5.42. The Bertz CT molecular complexity index is 1220. The summed E-state index contributed by atoms with van der Waals surface area (Å²) >= 11 is 1.18. The number of fused-ring (bicyclic) bond motifs is 1. The highest BCUT2D eigenvalue weighted by molar-refractivity contribution is 7.20. The number of anilines is 1. The number of carbonyl (C=O) groups excluding carboxylic acids is 2. The second-order valence-electron chi connectivity index (χ2n) is 7.68. The molecule has 4 rings (SSSR count). The molecule has 0 unspecified atom stereocenters. The van der Waals surface area contributed by atoms with Gasteiger partial charge in [0, 0.05) is 18.8 Å². The van der Waals surface area contributed by atoms with Gasteiger partial charge in [-0.05, 0) is 38.0 Å². The van der Waals surface area contributed by atoms with Crippen LogP contribution in [0.15, 0.2) is 29.3 Å². The minimum Gasteiger partial charge on any atom is -0.378 e. The van der Waals surface area contributed by atoms with Crippen LogP contribution in [0, 0.1) is 20.8 Å². The fraction of sp³-hybridized carbons (Fsp3) is 0.364. The predicted molar refractivity (Wildman–Crippen MR) is 120 cm³/mol. The molecule has 9 heteroatoms. The number of hydrogen-bond donors (Lipinski definition) is 1. The van der Waals surface area contributed by atoms with Gasteiger partial charge < -0.3 is 15.0 Å². The number of aryl methyl sites for hydroxylation is 3. The summed E-state index contributed by atoms with van der Waals surface area (Å²) in [5, 5.41) is 3.31. The average molecular weight is 441 g/mol. The Hall–Kier alpha value is -3.04. The Morgan fingerprint density at radius 2 is 1.94 bits per heavy atom. The summed E-state index contributed by atoms with van der Waals surface area (Å²) in [6, 6.07) is 5.80. The summed E-state index contributed by atoms with van der Waals surface area (Å²) < 4.78 is 6.58. The van der Waals surface area contributed by atoms with Gasteiger partial charge in [0.2, 0.25) is 5.91 Å². The number of benzene rings is 1. The molecule has 31 heavy (non-hydrogen) atoms. The van der Waals surface area contributed by atoms with E-state index >= 15 is 0 Å². The van der Waals surface area contributed by atoms with Gasteiger partial charge in [0.1, 0.15) is 11.4 Å². The van der Waals surface area contributed by atoms with Crippen LogP contribution in [0.2, 0.25) is 0 Å². The topological polar surface area (TPSA) is 93.5 Å². The van der Waals surface area contributed by atoms with Crippen molar-refractivity contribution < 1.29 is 14.3 Å². The van der Waals surface area contributed by atoms with Gasteiger partial charge in [-0.15, -0.1) is 11.3 Å². The highest BCUT2D eigenvalue weighted by atomic mass is 32.1. The molecule has 1 aliphatic heterocycles. The second-order valence-corrected chi connectivity index (χ2v) is 8.68. The highest BCUT2D eigenvalue weighted by Gasteiger charge is 2.22. The molecule has 0 saturated carbocycles. The Labute approximate surface area is 183 Å². The van der Waals surface area contributed by atoms with Crippen LogP contribution in [0.25, 0.3) is 10.2 Å². The van der Waals surface area contributed by atoms with E-state index in [4.69, 9.17) is 4.74 Å². The SMILES string of the molecule is Cc1ccc(NC(=O)c2sc3ncn(CC(=O)N4CCOCC4)c(=O)c3c2C)c(C)c1. The number of nitrogens with zero attached hydrogens (tertiary/aromatic N) is 3. The molecule has 8 nitrogen and oxygen atoms in total. The van der Waals surface area contributed by atoms with Gasteiger partial charge >= 0.3 is 0 Å². The Morgan fingerprint density at radius 1 is 1.19 bits per heavy atom. The number of ether oxygens (including phenoxy) is 1. The first-order valence-electron chi connectivity index (χ1n) is 10.1. The molecule has 1 fully saturated rings. The number of nitrogens with one attached hydrogen (secondary N) is 1. The lowest BCUT2D eigenvalue weighted by molar-refractivity contribution is -0.135. The number of carbonyl (C=O) groups is 2. The van der Waals surface area contributed by atoms with E-state index in [1.165, 1.54) is 22.2 Å². The lowest BCUT2D eigenvalue weighted by atomic mass is 10.1. The normalized spacial score (nSPS) is 14.1. The minimum absolute atomic E-state index is 0.0822. The lowest BCUT2D eigenvalue weighted by Gasteiger charge is -2.26. The van der Waals surface area contributed by atoms with Crippen molar-refractivity contribution in [3.05, 3.63) is 56.4 Å². The molecule has 2 amide bonds. The summed E-state index contributed by atoms with van der Waals surface area (Å²) in [5.74, 6) is -0.421. The van der Waals surface area contributed by atoms with Gasteiger partial charge in [-0.2, -0.15) is 0 Å². The summed E-state index contributed by atoms with van der Waals surface area (Å²) in [5.41, 5.74) is 3.08. The van der Waals surface area contributed by atoms with Crippen LogP contribution in [0.5, 0.6) is 0 Å². The number of hydrogen-bond acceptors (Lipinski definition) is 6. The van der Waals surface area contributed by atoms with Gasteiger partial charge in [0.05, 0.1) is 29.8 Å². The summed E-state index contributed by atoms with van der Waals surface area (Å²) in [6.07, 6.45) is 1.38. The predicted octanol–water partition coefficient (Wildman–Crippen LogP) is 2.49. The standard InChI is InChI=1S/C22H24N4O4S/c1-13-4-5-16(14(2)10-13)24-20(28)19-15(3)18-21(31-19)23-12-26(22(18)29)11-17(27)25-6-8-30-9-7-25/h4-5,10,12H,6-9,11H2,1-3H3,(H,24,28). The van der Waals surface area contributed by atoms with Crippen molar-refractivity contribution in [2.24, 2.45) is 0 Å². The van der Waals surface area contributed by atoms with E-state index in [0.717, 1.165) is 16.8 Å². The molecule has 0 radical (unpaired) electrons. The maximum atomic E-state index is 13.1. The van der Waals surface area contributed by atoms with E-state index in [9.17, 15) is 14.4 Å². The van der Waals surface area contributed by atoms with Crippen molar-refractivity contribution in [3.63, 3.8) is 0 Å². The van der Waals surface area contributed by atoms with E-state index < -0.39 is 0 Å². The van der Waals surface area contributed by atoms with Crippen LogP contribution in [-0.4, -0.2) is 52.6 Å². The van der Waals surface area contributed by atoms with Gasteiger partial charge in [0.15, 0.2) is 0 Å². The molecular weight excluding hydrogens is 416 g/mol. The van der Waals surface area contributed by atoms with Crippen LogP contribution in [0.1, 0.15) is 26.4 Å². The van der Waals surface area contributed by atoms with Crippen molar-refractivity contribution in [2.75, 3.05) is 31.6 Å². The molecule has 0 spiro atoms. The molecule has 1 aliphatic rings. The number of aromatic nitrogens is 2. The maximum Gasteiger partial charge on any atom is 0.266 e. The first kappa shape index (κ1) is 21.2. The summed E-state index contributed by atoms with van der Waals surface area (Å²) in [6.45, 7) is 7.63.